The molecule has 2 aromatic heterocycles. The van der Waals surface area contributed by atoms with Gasteiger partial charge in [-0.2, -0.15) is 5.10 Å². The smallest absolute Gasteiger partial charge is 0.203 e. The average Bonchev–Trinajstić information content (AvgIpc) is 2.87. The maximum atomic E-state index is 13.6. The Hall–Kier alpha value is -2.34. The molecule has 1 N–H and O–H groups in total. The molecule has 3 aromatic rings. The van der Waals surface area contributed by atoms with Crippen LogP contribution in [0.1, 0.15) is 11.3 Å². The quantitative estimate of drug-likeness (QED) is 0.591. The second-order valence-corrected chi connectivity index (χ2v) is 5.06. The van der Waals surface area contributed by atoms with E-state index in [0.29, 0.717) is 10.9 Å². The zero-order chi connectivity index (χ0) is 13.9. The predicted molar refractivity (Wildman–Crippen MR) is 79.8 cm³/mol. The molecule has 2 heterocycles. The molecule has 6 heteroatoms. The molecular weight excluding hydrogens is 275 g/mol. The number of rotatable bonds is 3. The van der Waals surface area contributed by atoms with Crippen molar-refractivity contribution < 1.29 is 4.39 Å². The van der Waals surface area contributed by atoms with Gasteiger partial charge in [-0.15, -0.1) is 11.3 Å². The molecule has 0 radical (unpaired) electrons. The molecule has 0 unspecified atom stereocenters. The van der Waals surface area contributed by atoms with Gasteiger partial charge in [0.1, 0.15) is 5.82 Å². The average molecular weight is 286 g/mol. The largest absolute Gasteiger partial charge is 0.255 e. The van der Waals surface area contributed by atoms with E-state index in [2.05, 4.69) is 20.5 Å². The Morgan fingerprint density at radius 1 is 1.35 bits per heavy atom. The van der Waals surface area contributed by atoms with Crippen molar-refractivity contribution >= 4 is 33.6 Å². The molecule has 0 aliphatic heterocycles. The van der Waals surface area contributed by atoms with Gasteiger partial charge in [-0.3, -0.25) is 10.4 Å². The van der Waals surface area contributed by atoms with Crippen molar-refractivity contribution in [2.75, 3.05) is 5.43 Å². The Morgan fingerprint density at radius 2 is 2.25 bits per heavy atom. The minimum absolute atomic E-state index is 0.284. The number of thiazole rings is 1. The van der Waals surface area contributed by atoms with Crippen LogP contribution in [0, 0.1) is 12.7 Å². The Morgan fingerprint density at radius 3 is 3.05 bits per heavy atom. The lowest BCUT2D eigenvalue weighted by atomic mass is 10.1. The van der Waals surface area contributed by atoms with Crippen LogP contribution in [-0.2, 0) is 0 Å². The summed E-state index contributed by atoms with van der Waals surface area (Å²) < 4.78 is 13.6. The van der Waals surface area contributed by atoms with Crippen LogP contribution < -0.4 is 5.43 Å². The molecule has 100 valence electrons. The first-order valence-corrected chi connectivity index (χ1v) is 6.86. The number of hydrogen-bond acceptors (Lipinski definition) is 5. The predicted octanol–water partition coefficient (Wildman–Crippen LogP) is 3.58. The highest BCUT2D eigenvalue weighted by Gasteiger charge is 2.04. The Kier molecular flexibility index (Phi) is 3.39. The number of hydrogen-bond donors (Lipinski definition) is 1. The SMILES string of the molecule is Cc1csc(NN=Cc2ccc(F)c3cccnc23)n1. The van der Waals surface area contributed by atoms with Crippen molar-refractivity contribution in [1.82, 2.24) is 9.97 Å². The van der Waals surface area contributed by atoms with E-state index in [-0.39, 0.29) is 5.82 Å². The van der Waals surface area contributed by atoms with E-state index >= 15 is 0 Å². The number of hydrazone groups is 1. The number of benzene rings is 1. The molecule has 20 heavy (non-hydrogen) atoms. The summed E-state index contributed by atoms with van der Waals surface area (Å²) in [5.74, 6) is -0.284. The molecule has 0 aliphatic carbocycles. The minimum atomic E-state index is -0.284. The van der Waals surface area contributed by atoms with Gasteiger partial charge < -0.3 is 0 Å². The van der Waals surface area contributed by atoms with Crippen molar-refractivity contribution in [3.05, 3.63) is 52.9 Å². The molecule has 1 aromatic carbocycles. The van der Waals surface area contributed by atoms with E-state index in [1.807, 2.05) is 12.3 Å². The highest BCUT2D eigenvalue weighted by atomic mass is 32.1. The second-order valence-electron chi connectivity index (χ2n) is 4.20. The first-order chi connectivity index (χ1) is 9.74. The van der Waals surface area contributed by atoms with Gasteiger partial charge in [0.05, 0.1) is 17.4 Å². The summed E-state index contributed by atoms with van der Waals surface area (Å²) in [7, 11) is 0. The van der Waals surface area contributed by atoms with Crippen molar-refractivity contribution in [3.8, 4) is 0 Å². The van der Waals surface area contributed by atoms with Crippen molar-refractivity contribution in [2.45, 2.75) is 6.92 Å². The first-order valence-electron chi connectivity index (χ1n) is 5.98. The molecule has 0 spiro atoms. The van der Waals surface area contributed by atoms with Gasteiger partial charge in [0.25, 0.3) is 0 Å². The van der Waals surface area contributed by atoms with Crippen LogP contribution in [-0.4, -0.2) is 16.2 Å². The summed E-state index contributed by atoms with van der Waals surface area (Å²) in [5.41, 5.74) is 5.14. The molecule has 4 nitrogen and oxygen atoms in total. The van der Waals surface area contributed by atoms with Gasteiger partial charge in [0, 0.05) is 22.5 Å². The van der Waals surface area contributed by atoms with Crippen LogP contribution in [0.3, 0.4) is 0 Å². The highest BCUT2D eigenvalue weighted by Crippen LogP contribution is 2.19. The third kappa shape index (κ3) is 2.50. The monoisotopic (exact) mass is 286 g/mol. The number of halogens is 1. The summed E-state index contributed by atoms with van der Waals surface area (Å²) in [6.07, 6.45) is 3.25. The number of anilines is 1. The standard InChI is InChI=1S/C14H11FN4S/c1-9-8-20-14(18-9)19-17-7-10-4-5-12(15)11-3-2-6-16-13(10)11/h2-8H,1H3,(H,18,19). The molecule has 0 saturated carbocycles. The van der Waals surface area contributed by atoms with Crippen LogP contribution >= 0.6 is 11.3 Å². The van der Waals surface area contributed by atoms with Gasteiger partial charge in [-0.1, -0.05) is 0 Å². The summed E-state index contributed by atoms with van der Waals surface area (Å²) in [4.78, 5) is 8.44. The Labute approximate surface area is 119 Å². The molecule has 0 amide bonds. The molecular formula is C14H11FN4S. The maximum absolute atomic E-state index is 13.6. The maximum Gasteiger partial charge on any atom is 0.203 e. The van der Waals surface area contributed by atoms with Crippen molar-refractivity contribution in [1.29, 1.82) is 0 Å². The topological polar surface area (TPSA) is 50.2 Å². The third-order valence-corrected chi connectivity index (χ3v) is 3.60. The molecule has 0 aliphatic rings. The normalized spacial score (nSPS) is 11.3. The van der Waals surface area contributed by atoms with Crippen LogP contribution in [0.2, 0.25) is 0 Å². The number of pyridine rings is 1. The van der Waals surface area contributed by atoms with Crippen molar-refractivity contribution in [3.63, 3.8) is 0 Å². The van der Waals surface area contributed by atoms with Crippen LogP contribution in [0.15, 0.2) is 40.9 Å². The molecule has 0 fully saturated rings. The second kappa shape index (κ2) is 5.34. The number of nitrogens with zero attached hydrogens (tertiary/aromatic N) is 3. The lowest BCUT2D eigenvalue weighted by Crippen LogP contribution is -1.93. The fourth-order valence-electron chi connectivity index (χ4n) is 1.83. The Balaban J connectivity index is 1.89. The van der Waals surface area contributed by atoms with E-state index in [1.165, 1.54) is 17.4 Å². The van der Waals surface area contributed by atoms with E-state index in [0.717, 1.165) is 16.4 Å². The van der Waals surface area contributed by atoms with Crippen LogP contribution in [0.4, 0.5) is 9.52 Å². The number of fused-ring (bicyclic) bond motifs is 1. The van der Waals surface area contributed by atoms with Gasteiger partial charge >= 0.3 is 0 Å². The summed E-state index contributed by atoms with van der Waals surface area (Å²) in [6.45, 7) is 1.92. The fraction of sp³-hybridized carbons (Fsp3) is 0.0714. The Bertz CT molecular complexity index is 782. The summed E-state index contributed by atoms with van der Waals surface area (Å²) in [6, 6.07) is 6.48. The number of aryl methyl sites for hydroxylation is 1. The number of nitrogens with one attached hydrogen (secondary N) is 1. The van der Waals surface area contributed by atoms with Crippen molar-refractivity contribution in [2.24, 2.45) is 5.10 Å². The molecule has 0 bridgehead atoms. The molecule has 3 rings (SSSR count). The van der Waals surface area contributed by atoms with E-state index in [1.54, 1.807) is 30.6 Å². The van der Waals surface area contributed by atoms with Crippen LogP contribution in [0.25, 0.3) is 10.9 Å². The third-order valence-electron chi connectivity index (χ3n) is 2.73. The zero-order valence-corrected chi connectivity index (χ0v) is 11.5. The van der Waals surface area contributed by atoms with E-state index in [9.17, 15) is 4.39 Å². The zero-order valence-electron chi connectivity index (χ0n) is 10.7. The molecule has 0 saturated heterocycles. The lowest BCUT2D eigenvalue weighted by molar-refractivity contribution is 0.639. The highest BCUT2D eigenvalue weighted by molar-refractivity contribution is 7.13. The minimum Gasteiger partial charge on any atom is -0.255 e. The fourth-order valence-corrected chi connectivity index (χ4v) is 2.46. The van der Waals surface area contributed by atoms with Gasteiger partial charge in [-0.25, -0.2) is 9.37 Å². The lowest BCUT2D eigenvalue weighted by Gasteiger charge is -2.01. The number of aromatic nitrogens is 2. The van der Waals surface area contributed by atoms with Gasteiger partial charge in [0.2, 0.25) is 5.13 Å². The summed E-state index contributed by atoms with van der Waals surface area (Å²) in [5, 5.41) is 7.26. The molecule has 0 atom stereocenters. The van der Waals surface area contributed by atoms with E-state index < -0.39 is 0 Å². The van der Waals surface area contributed by atoms with Gasteiger partial charge in [-0.05, 0) is 31.2 Å². The van der Waals surface area contributed by atoms with Crippen LogP contribution in [0.5, 0.6) is 0 Å². The van der Waals surface area contributed by atoms with E-state index in [4.69, 9.17) is 0 Å². The van der Waals surface area contributed by atoms with Gasteiger partial charge in [0.15, 0.2) is 0 Å². The summed E-state index contributed by atoms with van der Waals surface area (Å²) >= 11 is 1.48. The first kappa shape index (κ1) is 12.7.